The van der Waals surface area contributed by atoms with E-state index in [1.165, 1.54) is 60.9 Å². The molecule has 2 fully saturated rings. The van der Waals surface area contributed by atoms with Gasteiger partial charge >= 0.3 is 11.4 Å². The molecule has 65 heavy (non-hydrogen) atoms. The van der Waals surface area contributed by atoms with Gasteiger partial charge in [-0.3, -0.25) is 48.9 Å². The fourth-order valence-electron chi connectivity index (χ4n) is 5.30. The average Bonchev–Trinajstić information content (AvgIpc) is 3.84. The summed E-state index contributed by atoms with van der Waals surface area (Å²) in [4.78, 5) is 71.1. The molecule has 2 aromatic heterocycles. The highest BCUT2D eigenvalue weighted by atomic mass is 16.6. The second-order valence-electron chi connectivity index (χ2n) is 12.6. The maximum Gasteiger partial charge on any atom is 0.330 e. The number of rotatable bonds is 8. The number of aliphatic hydroxyl groups is 5. The van der Waals surface area contributed by atoms with Gasteiger partial charge in [0, 0.05) is 63.6 Å². The van der Waals surface area contributed by atoms with Crippen molar-refractivity contribution in [2.24, 2.45) is 10.2 Å². The van der Waals surface area contributed by atoms with Crippen LogP contribution in [0.4, 0.5) is 11.4 Å². The first kappa shape index (κ1) is 55.7. The Morgan fingerprint density at radius 1 is 0.723 bits per heavy atom. The van der Waals surface area contributed by atoms with Crippen molar-refractivity contribution in [2.45, 2.75) is 64.6 Å². The zero-order chi connectivity index (χ0) is 46.6. The summed E-state index contributed by atoms with van der Waals surface area (Å²) < 4.78 is 18.3. The van der Waals surface area contributed by atoms with E-state index in [-0.39, 0.29) is 69.2 Å². The first-order chi connectivity index (χ1) is 30.1. The topological polar surface area (TPSA) is 370 Å². The van der Waals surface area contributed by atoms with Gasteiger partial charge in [0.25, 0.3) is 22.5 Å². The Bertz CT molecular complexity index is 2550. The fourth-order valence-corrected chi connectivity index (χ4v) is 5.30. The van der Waals surface area contributed by atoms with Crippen LogP contribution in [0.15, 0.2) is 90.3 Å². The molecule has 4 heterocycles. The first-order valence-electron chi connectivity index (χ1n) is 18.2. The Morgan fingerprint density at radius 3 is 1.48 bits per heavy atom. The number of azo groups is 1. The van der Waals surface area contributed by atoms with Crippen LogP contribution in [0.1, 0.15) is 51.3 Å². The van der Waals surface area contributed by atoms with Gasteiger partial charge in [-0.05, 0) is 24.3 Å². The normalized spacial score (nSPS) is 19.0. The molecule has 4 aromatic rings. The summed E-state index contributed by atoms with van der Waals surface area (Å²) in [5, 5.41) is 82.3. The Hall–Kier alpha value is -7.36. The summed E-state index contributed by atoms with van der Waals surface area (Å²) in [6.45, 7) is -1.28. The average molecular weight is 915 g/mol. The molecule has 2 aliphatic heterocycles. The number of aromatic amines is 2. The lowest BCUT2D eigenvalue weighted by Gasteiger charge is -2.14. The van der Waals surface area contributed by atoms with Crippen LogP contribution in [0.5, 0.6) is 11.5 Å². The third-order valence-electron chi connectivity index (χ3n) is 8.47. The number of phenols is 1. The van der Waals surface area contributed by atoms with Crippen LogP contribution in [-0.4, -0.2) is 125 Å². The number of benzene rings is 2. The number of hydrogen-bond acceptors (Lipinski definition) is 19. The van der Waals surface area contributed by atoms with Gasteiger partial charge in [-0.2, -0.15) is 10.2 Å². The summed E-state index contributed by atoms with van der Waals surface area (Å²) in [6, 6.07) is 10.5. The molecule has 0 radical (unpaired) electrons. The van der Waals surface area contributed by atoms with Crippen LogP contribution < -0.4 is 27.2 Å². The summed E-state index contributed by atoms with van der Waals surface area (Å²) in [5.41, 5.74) is -2.86. The number of aromatic hydroxyl groups is 1. The minimum Gasteiger partial charge on any atom is -0.508 e. The zero-order valence-corrected chi connectivity index (χ0v) is 33.3. The van der Waals surface area contributed by atoms with Crippen molar-refractivity contribution in [3.05, 3.63) is 134 Å². The van der Waals surface area contributed by atoms with Crippen LogP contribution in [0.25, 0.3) is 0 Å². The number of nitro benzene ring substituents is 2. The number of aromatic nitrogens is 4. The van der Waals surface area contributed by atoms with Crippen molar-refractivity contribution in [1.82, 2.24) is 19.1 Å². The number of nitro groups is 2. The number of non-ortho nitro benzene ring substituents is 2. The van der Waals surface area contributed by atoms with Gasteiger partial charge in [-0.15, -0.1) is 0 Å². The molecule has 2 saturated heterocycles. The minimum atomic E-state index is -0.937. The molecular weight excluding hydrogens is 864 g/mol. The van der Waals surface area contributed by atoms with E-state index in [9.17, 15) is 49.6 Å². The Kier molecular flexibility index (Phi) is 23.7. The molecule has 352 valence electrons. The lowest BCUT2D eigenvalue weighted by atomic mass is 10.2. The summed E-state index contributed by atoms with van der Waals surface area (Å²) in [7, 11) is 3.28. The number of nitrogens with zero attached hydrogens (tertiary/aromatic N) is 6. The highest BCUT2D eigenvalue weighted by Crippen LogP contribution is 2.28. The smallest absolute Gasteiger partial charge is 0.330 e. The van der Waals surface area contributed by atoms with Crippen molar-refractivity contribution < 1.29 is 54.7 Å². The van der Waals surface area contributed by atoms with Crippen molar-refractivity contribution in [3.8, 4) is 35.2 Å². The molecule has 6 unspecified atom stereocenters. The van der Waals surface area contributed by atoms with E-state index in [0.29, 0.717) is 5.75 Å². The molecule has 0 saturated carbocycles. The Labute approximate surface area is 369 Å². The number of aliphatic hydroxyl groups excluding tert-OH is 5. The molecular formula is C40H50N8O17. The molecule has 8 N–H and O–H groups in total. The number of ether oxygens (including phenoxy) is 3. The monoisotopic (exact) mass is 914 g/mol. The van der Waals surface area contributed by atoms with Gasteiger partial charge < -0.3 is 44.8 Å². The van der Waals surface area contributed by atoms with E-state index in [1.807, 2.05) is 0 Å². The molecule has 2 aliphatic rings. The number of hydrogen-bond donors (Lipinski definition) is 8. The molecule has 0 amide bonds. The molecule has 0 bridgehead atoms. The molecule has 0 aliphatic carbocycles. The van der Waals surface area contributed by atoms with Gasteiger partial charge in [0.1, 0.15) is 60.5 Å². The standard InChI is InChI=1S/C18H17N3O8.C12H14N2O6.C6H5NO3.C2H6N2.2CH4/c22-10-15-14(23)8-16(29-15)20-9-11(17(24)19-18(20)25)2-1-7-28-13-5-3-12(4-6-13)21(26)27;15-3-1-2-7-5-14(12(19)13-11(7)18)10-4-8(17)9(6-16)20-10;8-6-3-1-5(2-4-6)7(9)10;1-3-4-2;;/h3-6,9,14-16,22-23H,7-8,10H2,(H,19,24,25);5,8-10,15-17H,3-4,6H2,(H,13,18,19);1-4,8H;1-2H3;2*1H4. The van der Waals surface area contributed by atoms with Crippen molar-refractivity contribution in [3.63, 3.8) is 0 Å². The van der Waals surface area contributed by atoms with Gasteiger partial charge in [-0.1, -0.05) is 38.5 Å². The third-order valence-corrected chi connectivity index (χ3v) is 8.47. The van der Waals surface area contributed by atoms with Gasteiger partial charge in [0.15, 0.2) is 0 Å². The molecule has 25 heteroatoms. The first-order valence-corrected chi connectivity index (χ1v) is 18.2. The third kappa shape index (κ3) is 16.7. The quantitative estimate of drug-likeness (QED) is 0.0510. The number of H-pyrrole nitrogens is 2. The van der Waals surface area contributed by atoms with Crippen molar-refractivity contribution in [1.29, 1.82) is 0 Å². The van der Waals surface area contributed by atoms with Gasteiger partial charge in [0.2, 0.25) is 0 Å². The molecule has 0 spiro atoms. The lowest BCUT2D eigenvalue weighted by Crippen LogP contribution is -2.33. The van der Waals surface area contributed by atoms with Crippen LogP contribution in [-0.2, 0) is 9.47 Å². The van der Waals surface area contributed by atoms with Crippen molar-refractivity contribution >= 4 is 11.4 Å². The van der Waals surface area contributed by atoms with Crippen LogP contribution in [0, 0.1) is 43.9 Å². The van der Waals surface area contributed by atoms with E-state index in [0.717, 1.165) is 9.13 Å². The van der Waals surface area contributed by atoms with E-state index < -0.39 is 82.4 Å². The molecule has 6 atom stereocenters. The lowest BCUT2D eigenvalue weighted by molar-refractivity contribution is -0.385. The Morgan fingerprint density at radius 2 is 1.12 bits per heavy atom. The van der Waals surface area contributed by atoms with Gasteiger partial charge in [-0.25, -0.2) is 9.59 Å². The van der Waals surface area contributed by atoms with E-state index in [1.54, 1.807) is 14.1 Å². The Balaban J connectivity index is 0.000000507. The zero-order valence-electron chi connectivity index (χ0n) is 33.3. The molecule has 25 nitrogen and oxygen atoms in total. The van der Waals surface area contributed by atoms with Gasteiger partial charge in [0.05, 0.1) is 35.3 Å². The molecule has 2 aromatic carbocycles. The van der Waals surface area contributed by atoms with Crippen LogP contribution >= 0.6 is 0 Å². The summed E-state index contributed by atoms with van der Waals surface area (Å²) in [5.74, 6) is 10.3. The SMILES string of the molecule is C.C.CN=NC.O=[N+]([O-])c1ccc(O)cc1.O=c1[nH]c(=O)n(C2CC(O)C(CO)O2)cc1C#CCO.O=c1[nH]c(=O)n(C2CC(O)C(CO)O2)cc1C#CCOc1ccc([N+](=O)[O-])cc1. The molecule has 6 rings (SSSR count). The summed E-state index contributed by atoms with van der Waals surface area (Å²) >= 11 is 0. The van der Waals surface area contributed by atoms with Crippen LogP contribution in [0.3, 0.4) is 0 Å². The van der Waals surface area contributed by atoms with E-state index >= 15 is 0 Å². The predicted octanol–water partition coefficient (Wildman–Crippen LogP) is 0.308. The van der Waals surface area contributed by atoms with E-state index in [4.69, 9.17) is 34.6 Å². The minimum absolute atomic E-state index is 0. The number of phenolic OH excluding ortho intramolecular Hbond substituents is 1. The highest BCUT2D eigenvalue weighted by molar-refractivity contribution is 5.37. The maximum absolute atomic E-state index is 12.0. The fraction of sp³-hybridized carbons (Fsp3) is 0.400. The largest absolute Gasteiger partial charge is 0.508 e. The second-order valence-corrected chi connectivity index (χ2v) is 12.6. The highest BCUT2D eigenvalue weighted by Gasteiger charge is 2.36. The maximum atomic E-state index is 12.0. The summed E-state index contributed by atoms with van der Waals surface area (Å²) in [6.07, 6.45) is -2.43. The van der Waals surface area contributed by atoms with Crippen molar-refractivity contribution in [2.75, 3.05) is 40.5 Å². The predicted molar refractivity (Wildman–Crippen MR) is 230 cm³/mol. The second kappa shape index (κ2) is 27.6. The van der Waals surface area contributed by atoms with Crippen LogP contribution in [0.2, 0.25) is 0 Å². The van der Waals surface area contributed by atoms with E-state index in [2.05, 4.69) is 43.9 Å². The number of nitrogens with one attached hydrogen (secondary N) is 2.